The normalized spacial score (nSPS) is 18.3. The first-order chi connectivity index (χ1) is 11.1. The summed E-state index contributed by atoms with van der Waals surface area (Å²) in [6, 6.07) is 10.3. The molecule has 6 nitrogen and oxygen atoms in total. The lowest BCUT2D eigenvalue weighted by atomic mass is 10.1. The number of benzene rings is 1. The summed E-state index contributed by atoms with van der Waals surface area (Å²) in [5.41, 5.74) is 2.19. The summed E-state index contributed by atoms with van der Waals surface area (Å²) in [7, 11) is 0. The van der Waals surface area contributed by atoms with E-state index in [1.165, 1.54) is 12.5 Å². The van der Waals surface area contributed by atoms with E-state index in [-0.39, 0.29) is 12.5 Å². The third-order valence-corrected chi connectivity index (χ3v) is 4.15. The van der Waals surface area contributed by atoms with E-state index in [4.69, 9.17) is 5.11 Å². The van der Waals surface area contributed by atoms with Crippen LogP contribution in [0.25, 0.3) is 0 Å². The Kier molecular flexibility index (Phi) is 4.73. The van der Waals surface area contributed by atoms with Crippen LogP contribution in [0, 0.1) is 0 Å². The number of aromatic nitrogens is 2. The topological polar surface area (TPSA) is 70.4 Å². The summed E-state index contributed by atoms with van der Waals surface area (Å²) >= 11 is 0. The van der Waals surface area contributed by atoms with Crippen LogP contribution in [0.2, 0.25) is 0 Å². The lowest BCUT2D eigenvalue weighted by molar-refractivity contribution is -0.114. The molecule has 6 heteroatoms. The lowest BCUT2D eigenvalue weighted by Gasteiger charge is -2.16. The molecule has 0 unspecified atom stereocenters. The van der Waals surface area contributed by atoms with E-state index in [2.05, 4.69) is 27.4 Å². The maximum atomic E-state index is 11.1. The minimum atomic E-state index is -0.102. The van der Waals surface area contributed by atoms with Gasteiger partial charge in [-0.2, -0.15) is 5.10 Å². The van der Waals surface area contributed by atoms with Crippen LogP contribution in [0.1, 0.15) is 30.5 Å². The van der Waals surface area contributed by atoms with Crippen molar-refractivity contribution in [3.05, 3.63) is 47.7 Å². The first-order valence-electron chi connectivity index (χ1n) is 7.88. The van der Waals surface area contributed by atoms with Gasteiger partial charge in [-0.3, -0.25) is 14.4 Å². The van der Waals surface area contributed by atoms with E-state index < -0.39 is 0 Å². The van der Waals surface area contributed by atoms with Crippen LogP contribution in [0.4, 0.5) is 5.82 Å². The number of aliphatic hydroxyl groups excluding tert-OH is 1. The fourth-order valence-corrected chi connectivity index (χ4v) is 2.97. The Hall–Kier alpha value is -2.18. The van der Waals surface area contributed by atoms with Gasteiger partial charge in [0.25, 0.3) is 0 Å². The summed E-state index contributed by atoms with van der Waals surface area (Å²) in [5, 5.41) is 16.2. The number of nitrogens with one attached hydrogen (secondary N) is 1. The Morgan fingerprint density at radius 1 is 1.30 bits per heavy atom. The van der Waals surface area contributed by atoms with Crippen molar-refractivity contribution >= 4 is 11.7 Å². The zero-order valence-electron chi connectivity index (χ0n) is 13.3. The quantitative estimate of drug-likeness (QED) is 0.882. The number of anilines is 1. The highest BCUT2D eigenvalue weighted by Crippen LogP contribution is 2.23. The maximum absolute atomic E-state index is 11.1. The molecule has 2 heterocycles. The summed E-state index contributed by atoms with van der Waals surface area (Å²) in [5.74, 6) is 0.505. The second-order valence-corrected chi connectivity index (χ2v) is 6.01. The molecule has 0 saturated carbocycles. The van der Waals surface area contributed by atoms with Gasteiger partial charge in [0.05, 0.1) is 12.6 Å². The predicted molar refractivity (Wildman–Crippen MR) is 87.8 cm³/mol. The summed E-state index contributed by atoms with van der Waals surface area (Å²) in [6.07, 6.45) is 2.98. The van der Waals surface area contributed by atoms with Gasteiger partial charge >= 0.3 is 0 Å². The van der Waals surface area contributed by atoms with Gasteiger partial charge in [0, 0.05) is 38.8 Å². The smallest absolute Gasteiger partial charge is 0.222 e. The Morgan fingerprint density at radius 3 is 2.74 bits per heavy atom. The molecule has 1 aliphatic rings. The van der Waals surface area contributed by atoms with E-state index in [0.717, 1.165) is 31.6 Å². The van der Waals surface area contributed by atoms with E-state index in [1.54, 1.807) is 0 Å². The number of aliphatic hydroxyl groups is 1. The van der Waals surface area contributed by atoms with Gasteiger partial charge in [-0.05, 0) is 17.5 Å². The predicted octanol–water partition coefficient (Wildman–Crippen LogP) is 1.78. The first kappa shape index (κ1) is 15.7. The van der Waals surface area contributed by atoms with Crippen molar-refractivity contribution in [2.24, 2.45) is 0 Å². The largest absolute Gasteiger partial charge is 0.392 e. The van der Waals surface area contributed by atoms with Crippen LogP contribution < -0.4 is 5.32 Å². The van der Waals surface area contributed by atoms with E-state index >= 15 is 0 Å². The molecule has 0 bridgehead atoms. The number of amides is 1. The molecule has 1 aromatic carbocycles. The Bertz CT molecular complexity index is 665. The van der Waals surface area contributed by atoms with Crippen LogP contribution in [0.5, 0.6) is 0 Å². The second kappa shape index (κ2) is 6.93. The SMILES string of the molecule is CC(=O)Nc1ccn([C@H]2CCN(Cc3ccc(CO)cc3)C2)n1. The number of hydrogen-bond acceptors (Lipinski definition) is 4. The Balaban J connectivity index is 1.57. The van der Waals surface area contributed by atoms with E-state index in [1.807, 2.05) is 29.1 Å². The molecule has 2 N–H and O–H groups in total. The van der Waals surface area contributed by atoms with E-state index in [0.29, 0.717) is 11.9 Å². The molecule has 122 valence electrons. The molecule has 1 aliphatic heterocycles. The van der Waals surface area contributed by atoms with Crippen molar-refractivity contribution in [2.45, 2.75) is 32.5 Å². The molecule has 1 saturated heterocycles. The average Bonchev–Trinajstić information content (AvgIpc) is 3.17. The van der Waals surface area contributed by atoms with Crippen molar-refractivity contribution in [3.8, 4) is 0 Å². The summed E-state index contributed by atoms with van der Waals surface area (Å²) < 4.78 is 1.94. The molecule has 0 radical (unpaired) electrons. The molecule has 1 aromatic heterocycles. The molecule has 0 spiro atoms. The zero-order valence-corrected chi connectivity index (χ0v) is 13.3. The van der Waals surface area contributed by atoms with Gasteiger partial charge in [-0.15, -0.1) is 0 Å². The number of likely N-dealkylation sites (tertiary alicyclic amines) is 1. The molecule has 2 aromatic rings. The van der Waals surface area contributed by atoms with Crippen LogP contribution in [-0.2, 0) is 17.9 Å². The average molecular weight is 314 g/mol. The highest BCUT2D eigenvalue weighted by Gasteiger charge is 2.24. The third-order valence-electron chi connectivity index (χ3n) is 4.15. The van der Waals surface area contributed by atoms with Crippen LogP contribution in [0.15, 0.2) is 36.5 Å². The van der Waals surface area contributed by atoms with Crippen LogP contribution in [-0.4, -0.2) is 38.8 Å². The fourth-order valence-electron chi connectivity index (χ4n) is 2.97. The minimum absolute atomic E-state index is 0.0853. The van der Waals surface area contributed by atoms with Crippen molar-refractivity contribution in [1.29, 1.82) is 0 Å². The fraction of sp³-hybridized carbons (Fsp3) is 0.412. The number of rotatable bonds is 5. The van der Waals surface area contributed by atoms with Gasteiger partial charge in [0.2, 0.25) is 5.91 Å². The van der Waals surface area contributed by atoms with Crippen LogP contribution in [0.3, 0.4) is 0 Å². The van der Waals surface area contributed by atoms with Gasteiger partial charge < -0.3 is 10.4 Å². The van der Waals surface area contributed by atoms with E-state index in [9.17, 15) is 4.79 Å². The lowest BCUT2D eigenvalue weighted by Crippen LogP contribution is -2.21. The molecule has 0 aliphatic carbocycles. The molecular formula is C17H22N4O2. The molecular weight excluding hydrogens is 292 g/mol. The maximum Gasteiger partial charge on any atom is 0.222 e. The number of hydrogen-bond donors (Lipinski definition) is 2. The van der Waals surface area contributed by atoms with Crippen molar-refractivity contribution < 1.29 is 9.90 Å². The highest BCUT2D eigenvalue weighted by atomic mass is 16.3. The summed E-state index contributed by atoms with van der Waals surface area (Å²) in [6.45, 7) is 4.45. The van der Waals surface area contributed by atoms with Gasteiger partial charge in [0.15, 0.2) is 5.82 Å². The number of carbonyl (C=O) groups excluding carboxylic acids is 1. The standard InChI is InChI=1S/C17H22N4O2/c1-13(23)18-17-7-9-21(19-17)16-6-8-20(11-16)10-14-2-4-15(12-22)5-3-14/h2-5,7,9,16,22H,6,8,10-12H2,1H3,(H,18,19,23)/t16-/m0/s1. The van der Waals surface area contributed by atoms with Gasteiger partial charge in [-0.25, -0.2) is 0 Å². The van der Waals surface area contributed by atoms with Crippen LogP contribution >= 0.6 is 0 Å². The monoisotopic (exact) mass is 314 g/mol. The number of carbonyl (C=O) groups is 1. The van der Waals surface area contributed by atoms with Crippen molar-refractivity contribution in [2.75, 3.05) is 18.4 Å². The summed E-state index contributed by atoms with van der Waals surface area (Å²) in [4.78, 5) is 13.5. The van der Waals surface area contributed by atoms with Gasteiger partial charge in [-0.1, -0.05) is 24.3 Å². The second-order valence-electron chi connectivity index (χ2n) is 6.01. The highest BCUT2D eigenvalue weighted by molar-refractivity contribution is 5.87. The molecule has 3 rings (SSSR count). The van der Waals surface area contributed by atoms with Crippen molar-refractivity contribution in [1.82, 2.24) is 14.7 Å². The zero-order chi connectivity index (χ0) is 16.2. The molecule has 1 atom stereocenters. The minimum Gasteiger partial charge on any atom is -0.392 e. The Morgan fingerprint density at radius 2 is 2.04 bits per heavy atom. The van der Waals surface area contributed by atoms with Crippen molar-refractivity contribution in [3.63, 3.8) is 0 Å². The molecule has 23 heavy (non-hydrogen) atoms. The third kappa shape index (κ3) is 3.97. The molecule has 1 amide bonds. The Labute approximate surface area is 135 Å². The first-order valence-corrected chi connectivity index (χ1v) is 7.88. The van der Waals surface area contributed by atoms with Gasteiger partial charge in [0.1, 0.15) is 0 Å². The number of nitrogens with zero attached hydrogens (tertiary/aromatic N) is 3. The molecule has 1 fully saturated rings.